The van der Waals surface area contributed by atoms with Crippen LogP contribution in [0.25, 0.3) is 0 Å². The summed E-state index contributed by atoms with van der Waals surface area (Å²) in [7, 11) is 0. The van der Waals surface area contributed by atoms with Crippen molar-refractivity contribution in [2.75, 3.05) is 30.3 Å². The molecule has 3 N–H and O–H groups in total. The van der Waals surface area contributed by atoms with Gasteiger partial charge in [0.2, 0.25) is 11.8 Å². The molecule has 0 aromatic heterocycles. The summed E-state index contributed by atoms with van der Waals surface area (Å²) in [4.78, 5) is 26.2. The number of nitrogens with one attached hydrogen (secondary N) is 2. The van der Waals surface area contributed by atoms with Crippen molar-refractivity contribution < 1.29 is 14.7 Å². The van der Waals surface area contributed by atoms with Crippen molar-refractivity contribution in [3.63, 3.8) is 0 Å². The van der Waals surface area contributed by atoms with Gasteiger partial charge in [-0.3, -0.25) is 14.5 Å². The lowest BCUT2D eigenvalue weighted by Crippen LogP contribution is -2.37. The quantitative estimate of drug-likeness (QED) is 0.452. The zero-order valence-corrected chi connectivity index (χ0v) is 18.2. The second-order valence-electron chi connectivity index (χ2n) is 7.58. The van der Waals surface area contributed by atoms with Gasteiger partial charge < -0.3 is 15.7 Å². The van der Waals surface area contributed by atoms with Crippen molar-refractivity contribution in [3.05, 3.63) is 96.1 Å². The molecule has 166 valence electrons. The largest absolute Gasteiger partial charge is 0.396 e. The normalized spacial score (nSPS) is 10.9. The molecule has 0 aliphatic rings. The molecule has 0 aliphatic carbocycles. The average molecular weight is 432 g/mol. The van der Waals surface area contributed by atoms with Crippen molar-refractivity contribution in [1.82, 2.24) is 4.90 Å². The fourth-order valence-corrected chi connectivity index (χ4v) is 3.68. The molecule has 3 aromatic rings. The molecule has 6 heteroatoms. The van der Waals surface area contributed by atoms with Crippen LogP contribution in [0.4, 0.5) is 11.4 Å². The summed E-state index contributed by atoms with van der Waals surface area (Å²) in [5, 5.41) is 15.1. The minimum absolute atomic E-state index is 0.0546. The van der Waals surface area contributed by atoms with Gasteiger partial charge in [-0.15, -0.1) is 0 Å². The van der Waals surface area contributed by atoms with Crippen LogP contribution in [-0.4, -0.2) is 41.5 Å². The van der Waals surface area contributed by atoms with Crippen LogP contribution in [-0.2, 0) is 9.59 Å². The Morgan fingerprint density at radius 2 is 1.31 bits per heavy atom. The number of nitrogens with zero attached hydrogens (tertiary/aromatic N) is 1. The lowest BCUT2D eigenvalue weighted by molar-refractivity contribution is -0.118. The molecular formula is C26H29N3O3. The first-order chi connectivity index (χ1) is 15.6. The molecule has 0 fully saturated rings. The molecular weight excluding hydrogens is 402 g/mol. The number of aliphatic hydroxyl groups excluding tert-OH is 1. The van der Waals surface area contributed by atoms with E-state index in [1.54, 1.807) is 24.3 Å². The van der Waals surface area contributed by atoms with Crippen LogP contribution in [0, 0.1) is 0 Å². The smallest absolute Gasteiger partial charge is 0.238 e. The minimum Gasteiger partial charge on any atom is -0.396 e. The van der Waals surface area contributed by atoms with E-state index >= 15 is 0 Å². The fraction of sp³-hybridized carbons (Fsp3) is 0.231. The van der Waals surface area contributed by atoms with E-state index in [-0.39, 0.29) is 31.0 Å². The topological polar surface area (TPSA) is 81.7 Å². The molecule has 0 radical (unpaired) electrons. The summed E-state index contributed by atoms with van der Waals surface area (Å²) in [5.74, 6) is -0.291. The van der Waals surface area contributed by atoms with Gasteiger partial charge in [0.05, 0.1) is 12.6 Å². The molecule has 2 amide bonds. The number of carbonyl (C=O) groups excluding carboxylic acids is 2. The Bertz CT molecular complexity index is 952. The Balaban J connectivity index is 1.79. The first-order valence-electron chi connectivity index (χ1n) is 10.7. The second-order valence-corrected chi connectivity index (χ2v) is 7.58. The summed E-state index contributed by atoms with van der Waals surface area (Å²) in [6.07, 6.45) is 0.564. The highest BCUT2D eigenvalue weighted by Gasteiger charge is 2.24. The van der Waals surface area contributed by atoms with E-state index in [4.69, 9.17) is 0 Å². The van der Waals surface area contributed by atoms with Crippen molar-refractivity contribution in [2.45, 2.75) is 19.4 Å². The van der Waals surface area contributed by atoms with Gasteiger partial charge in [-0.2, -0.15) is 0 Å². The summed E-state index contributed by atoms with van der Waals surface area (Å²) < 4.78 is 0. The third kappa shape index (κ3) is 6.77. The Kier molecular flexibility index (Phi) is 8.54. The van der Waals surface area contributed by atoms with Crippen molar-refractivity contribution in [2.24, 2.45) is 0 Å². The van der Waals surface area contributed by atoms with E-state index in [9.17, 15) is 14.7 Å². The number of anilines is 2. The molecule has 0 spiro atoms. The number of rotatable bonds is 10. The fourth-order valence-electron chi connectivity index (χ4n) is 3.68. The van der Waals surface area contributed by atoms with Gasteiger partial charge in [-0.1, -0.05) is 60.7 Å². The van der Waals surface area contributed by atoms with E-state index in [1.165, 1.54) is 6.92 Å². The summed E-state index contributed by atoms with van der Waals surface area (Å²) in [6, 6.07) is 27.0. The van der Waals surface area contributed by atoms with Crippen LogP contribution in [0.5, 0.6) is 0 Å². The second kappa shape index (κ2) is 11.8. The van der Waals surface area contributed by atoms with Crippen LogP contribution in [0.1, 0.15) is 30.5 Å². The third-order valence-corrected chi connectivity index (χ3v) is 5.03. The van der Waals surface area contributed by atoms with Gasteiger partial charge in [-0.25, -0.2) is 0 Å². The molecule has 0 bridgehead atoms. The van der Waals surface area contributed by atoms with Gasteiger partial charge in [0.25, 0.3) is 0 Å². The first-order valence-corrected chi connectivity index (χ1v) is 10.7. The third-order valence-electron chi connectivity index (χ3n) is 5.03. The number of aliphatic hydroxyl groups is 1. The van der Waals surface area contributed by atoms with E-state index in [0.29, 0.717) is 24.3 Å². The van der Waals surface area contributed by atoms with Crippen LogP contribution < -0.4 is 10.6 Å². The van der Waals surface area contributed by atoms with Gasteiger partial charge in [0.15, 0.2) is 0 Å². The molecule has 0 aliphatic heterocycles. The Morgan fingerprint density at radius 3 is 1.78 bits per heavy atom. The monoisotopic (exact) mass is 431 g/mol. The van der Waals surface area contributed by atoms with E-state index < -0.39 is 0 Å². The predicted octanol–water partition coefficient (Wildman–Crippen LogP) is 4.06. The number of hydrogen-bond donors (Lipinski definition) is 3. The molecule has 3 aromatic carbocycles. The highest BCUT2D eigenvalue weighted by molar-refractivity contribution is 5.93. The number of carbonyl (C=O) groups is 2. The Labute approximate surface area is 188 Å². The average Bonchev–Trinajstić information content (AvgIpc) is 2.80. The number of benzene rings is 3. The molecule has 0 unspecified atom stereocenters. The van der Waals surface area contributed by atoms with E-state index in [1.807, 2.05) is 36.4 Å². The molecule has 3 rings (SSSR count). The van der Waals surface area contributed by atoms with Gasteiger partial charge in [-0.05, 0) is 41.8 Å². The maximum absolute atomic E-state index is 12.9. The molecule has 6 nitrogen and oxygen atoms in total. The first kappa shape index (κ1) is 23.2. The predicted molar refractivity (Wildman–Crippen MR) is 127 cm³/mol. The summed E-state index contributed by atoms with van der Waals surface area (Å²) in [6.45, 7) is 2.24. The lowest BCUT2D eigenvalue weighted by atomic mass is 9.96. The molecule has 0 saturated heterocycles. The zero-order valence-electron chi connectivity index (χ0n) is 18.2. The van der Waals surface area contributed by atoms with Gasteiger partial charge in [0.1, 0.15) is 0 Å². The molecule has 0 saturated carbocycles. The standard InChI is InChI=1S/C26H29N3O3/c1-20(31)27-23-13-15-24(16-14-23)28-25(32)19-29(17-8-18-30)26(21-9-4-2-5-10-21)22-11-6-3-7-12-22/h2-7,9-16,26,30H,8,17-19H2,1H3,(H,27,31)(H,28,32). The maximum atomic E-state index is 12.9. The number of amides is 2. The highest BCUT2D eigenvalue weighted by Crippen LogP contribution is 2.28. The molecule has 32 heavy (non-hydrogen) atoms. The minimum atomic E-state index is -0.146. The van der Waals surface area contributed by atoms with Crippen LogP contribution in [0.15, 0.2) is 84.9 Å². The van der Waals surface area contributed by atoms with E-state index in [2.05, 4.69) is 39.8 Å². The van der Waals surface area contributed by atoms with Crippen LogP contribution >= 0.6 is 0 Å². The Hall–Kier alpha value is -3.48. The van der Waals surface area contributed by atoms with Crippen molar-refractivity contribution in [3.8, 4) is 0 Å². The molecule has 0 heterocycles. The summed E-state index contributed by atoms with van der Waals surface area (Å²) >= 11 is 0. The van der Waals surface area contributed by atoms with Crippen LogP contribution in [0.2, 0.25) is 0 Å². The van der Waals surface area contributed by atoms with Crippen LogP contribution in [0.3, 0.4) is 0 Å². The maximum Gasteiger partial charge on any atom is 0.238 e. The zero-order chi connectivity index (χ0) is 22.8. The molecule has 0 atom stereocenters. The number of hydrogen-bond acceptors (Lipinski definition) is 4. The van der Waals surface area contributed by atoms with E-state index in [0.717, 1.165) is 11.1 Å². The summed E-state index contributed by atoms with van der Waals surface area (Å²) in [5.41, 5.74) is 3.50. The SMILES string of the molecule is CC(=O)Nc1ccc(NC(=O)CN(CCCO)C(c2ccccc2)c2ccccc2)cc1. The lowest BCUT2D eigenvalue weighted by Gasteiger charge is -2.32. The van der Waals surface area contributed by atoms with Crippen molar-refractivity contribution >= 4 is 23.2 Å². The van der Waals surface area contributed by atoms with Gasteiger partial charge in [0, 0.05) is 31.5 Å². The Morgan fingerprint density at radius 1 is 0.812 bits per heavy atom. The van der Waals surface area contributed by atoms with Crippen molar-refractivity contribution in [1.29, 1.82) is 0 Å². The van der Waals surface area contributed by atoms with Gasteiger partial charge >= 0.3 is 0 Å². The highest BCUT2D eigenvalue weighted by atomic mass is 16.3.